The van der Waals surface area contributed by atoms with Crippen LogP contribution in [0.5, 0.6) is 0 Å². The van der Waals surface area contributed by atoms with Crippen LogP contribution >= 0.6 is 0 Å². The molecule has 3 atom stereocenters. The predicted octanol–water partition coefficient (Wildman–Crippen LogP) is 3.33. The van der Waals surface area contributed by atoms with Crippen LogP contribution < -0.4 is 5.32 Å². The second kappa shape index (κ2) is 8.51. The molecule has 2 rings (SSSR count). The predicted molar refractivity (Wildman–Crippen MR) is 90.6 cm³/mol. The molecule has 4 heteroatoms. The van der Waals surface area contributed by atoms with Gasteiger partial charge in [0.15, 0.2) is 6.10 Å². The molecule has 0 unspecified atom stereocenters. The van der Waals surface area contributed by atoms with E-state index >= 15 is 0 Å². The maximum absolute atomic E-state index is 12.2. The lowest BCUT2D eigenvalue weighted by Crippen LogP contribution is -2.45. The van der Waals surface area contributed by atoms with Crippen LogP contribution in [0.15, 0.2) is 36.4 Å². The molecule has 0 aliphatic heterocycles. The number of esters is 1. The van der Waals surface area contributed by atoms with Crippen molar-refractivity contribution >= 4 is 18.0 Å². The van der Waals surface area contributed by atoms with E-state index in [-0.39, 0.29) is 11.9 Å². The number of hydrogen-bond acceptors (Lipinski definition) is 3. The number of benzene rings is 1. The molecule has 0 radical (unpaired) electrons. The molecular formula is C19H25NO3. The van der Waals surface area contributed by atoms with Crippen molar-refractivity contribution in [3.05, 3.63) is 42.0 Å². The lowest BCUT2D eigenvalue weighted by Gasteiger charge is -2.30. The van der Waals surface area contributed by atoms with Crippen molar-refractivity contribution in [3.8, 4) is 0 Å². The zero-order valence-corrected chi connectivity index (χ0v) is 13.8. The van der Waals surface area contributed by atoms with E-state index in [4.69, 9.17) is 4.74 Å². The Kier molecular flexibility index (Phi) is 6.39. The highest BCUT2D eigenvalue weighted by molar-refractivity contribution is 5.90. The Morgan fingerprint density at radius 3 is 2.61 bits per heavy atom. The summed E-state index contributed by atoms with van der Waals surface area (Å²) in [5.74, 6) is -0.244. The van der Waals surface area contributed by atoms with Crippen molar-refractivity contribution in [3.63, 3.8) is 0 Å². The molecule has 1 aromatic carbocycles. The van der Waals surface area contributed by atoms with E-state index in [0.29, 0.717) is 5.92 Å². The van der Waals surface area contributed by atoms with Crippen LogP contribution in [0.2, 0.25) is 0 Å². The molecule has 1 amide bonds. The average molecular weight is 315 g/mol. The Bertz CT molecular complexity index is 553. The third kappa shape index (κ3) is 5.55. The molecular weight excluding hydrogens is 290 g/mol. The molecule has 1 N–H and O–H groups in total. The normalized spacial score (nSPS) is 22.5. The topological polar surface area (TPSA) is 55.4 Å². The Morgan fingerprint density at radius 2 is 1.91 bits per heavy atom. The first kappa shape index (κ1) is 17.3. The Morgan fingerprint density at radius 1 is 1.22 bits per heavy atom. The van der Waals surface area contributed by atoms with Gasteiger partial charge in [-0.25, -0.2) is 4.79 Å². The first-order valence-electron chi connectivity index (χ1n) is 8.30. The second-order valence-corrected chi connectivity index (χ2v) is 6.20. The third-order valence-corrected chi connectivity index (χ3v) is 4.31. The number of amides is 1. The highest BCUT2D eigenvalue weighted by atomic mass is 16.5. The van der Waals surface area contributed by atoms with Crippen LogP contribution in [-0.4, -0.2) is 24.0 Å². The molecule has 1 saturated carbocycles. The van der Waals surface area contributed by atoms with Gasteiger partial charge in [0.2, 0.25) is 0 Å². The van der Waals surface area contributed by atoms with Crippen LogP contribution in [0.4, 0.5) is 0 Å². The molecule has 0 spiro atoms. The second-order valence-electron chi connectivity index (χ2n) is 6.20. The molecule has 0 saturated heterocycles. The Balaban J connectivity index is 1.80. The van der Waals surface area contributed by atoms with Gasteiger partial charge in [0.1, 0.15) is 0 Å². The van der Waals surface area contributed by atoms with E-state index in [2.05, 4.69) is 12.2 Å². The van der Waals surface area contributed by atoms with Gasteiger partial charge in [-0.1, -0.05) is 50.1 Å². The molecule has 0 heterocycles. The van der Waals surface area contributed by atoms with Gasteiger partial charge in [0, 0.05) is 12.1 Å². The van der Waals surface area contributed by atoms with Crippen LogP contribution in [0.1, 0.15) is 45.1 Å². The van der Waals surface area contributed by atoms with Crippen molar-refractivity contribution in [1.29, 1.82) is 0 Å². The Labute approximate surface area is 137 Å². The SMILES string of the molecule is C[C@@H](OC(=O)/C=C/c1ccccc1)C(=O)N[C@H]1CCCC[C@@H]1C. The summed E-state index contributed by atoms with van der Waals surface area (Å²) in [4.78, 5) is 24.0. The molecule has 0 bridgehead atoms. The van der Waals surface area contributed by atoms with Gasteiger partial charge < -0.3 is 10.1 Å². The summed E-state index contributed by atoms with van der Waals surface area (Å²) in [5.41, 5.74) is 0.914. The summed E-state index contributed by atoms with van der Waals surface area (Å²) in [6, 6.07) is 9.68. The van der Waals surface area contributed by atoms with E-state index < -0.39 is 12.1 Å². The van der Waals surface area contributed by atoms with Gasteiger partial charge >= 0.3 is 5.97 Å². The van der Waals surface area contributed by atoms with Gasteiger partial charge in [-0.15, -0.1) is 0 Å². The first-order valence-corrected chi connectivity index (χ1v) is 8.30. The van der Waals surface area contributed by atoms with E-state index in [9.17, 15) is 9.59 Å². The van der Waals surface area contributed by atoms with Crippen molar-refractivity contribution in [1.82, 2.24) is 5.32 Å². The molecule has 1 aliphatic carbocycles. The number of carbonyl (C=O) groups is 2. The monoisotopic (exact) mass is 315 g/mol. The summed E-state index contributed by atoms with van der Waals surface area (Å²) in [5, 5.41) is 3.01. The van der Waals surface area contributed by atoms with E-state index in [0.717, 1.165) is 24.8 Å². The number of hydrogen-bond donors (Lipinski definition) is 1. The molecule has 1 fully saturated rings. The van der Waals surface area contributed by atoms with Gasteiger partial charge in [-0.05, 0) is 37.3 Å². The number of ether oxygens (including phenoxy) is 1. The summed E-state index contributed by atoms with van der Waals surface area (Å²) in [7, 11) is 0. The fraction of sp³-hybridized carbons (Fsp3) is 0.474. The number of nitrogens with one attached hydrogen (secondary N) is 1. The summed E-state index contributed by atoms with van der Waals surface area (Å²) in [6.45, 7) is 3.76. The lowest BCUT2D eigenvalue weighted by molar-refractivity contribution is -0.150. The average Bonchev–Trinajstić information content (AvgIpc) is 2.56. The summed E-state index contributed by atoms with van der Waals surface area (Å²) < 4.78 is 5.17. The van der Waals surface area contributed by atoms with Crippen molar-refractivity contribution in [2.75, 3.05) is 0 Å². The lowest BCUT2D eigenvalue weighted by atomic mass is 9.86. The van der Waals surface area contributed by atoms with Crippen LogP contribution in [0.25, 0.3) is 6.08 Å². The van der Waals surface area contributed by atoms with Gasteiger partial charge in [-0.2, -0.15) is 0 Å². The fourth-order valence-corrected chi connectivity index (χ4v) is 2.83. The number of rotatable bonds is 5. The highest BCUT2D eigenvalue weighted by Crippen LogP contribution is 2.23. The minimum absolute atomic E-state index is 0.192. The zero-order chi connectivity index (χ0) is 16.7. The maximum atomic E-state index is 12.2. The molecule has 0 aromatic heterocycles. The van der Waals surface area contributed by atoms with Crippen LogP contribution in [0.3, 0.4) is 0 Å². The van der Waals surface area contributed by atoms with Gasteiger partial charge in [0.05, 0.1) is 0 Å². The van der Waals surface area contributed by atoms with Crippen molar-refractivity contribution in [2.24, 2.45) is 5.92 Å². The van der Waals surface area contributed by atoms with E-state index in [1.807, 2.05) is 30.3 Å². The molecule has 23 heavy (non-hydrogen) atoms. The Hall–Kier alpha value is -2.10. The highest BCUT2D eigenvalue weighted by Gasteiger charge is 2.25. The molecule has 1 aromatic rings. The minimum Gasteiger partial charge on any atom is -0.449 e. The summed E-state index contributed by atoms with van der Waals surface area (Å²) >= 11 is 0. The smallest absolute Gasteiger partial charge is 0.331 e. The first-order chi connectivity index (χ1) is 11.1. The maximum Gasteiger partial charge on any atom is 0.331 e. The molecule has 124 valence electrons. The molecule has 1 aliphatic rings. The van der Waals surface area contributed by atoms with Crippen molar-refractivity contribution < 1.29 is 14.3 Å². The minimum atomic E-state index is -0.781. The summed E-state index contributed by atoms with van der Waals surface area (Å²) in [6.07, 6.45) is 6.75. The standard InChI is InChI=1S/C19H25NO3/c1-14-8-6-7-11-17(14)20-19(22)15(2)23-18(21)13-12-16-9-4-3-5-10-16/h3-5,9-10,12-15,17H,6-8,11H2,1-2H3,(H,20,22)/b13-12+/t14-,15+,17-/m0/s1. The fourth-order valence-electron chi connectivity index (χ4n) is 2.83. The van der Waals surface area contributed by atoms with E-state index in [1.165, 1.54) is 12.5 Å². The van der Waals surface area contributed by atoms with Gasteiger partial charge in [0.25, 0.3) is 5.91 Å². The quantitative estimate of drug-likeness (QED) is 0.670. The third-order valence-electron chi connectivity index (χ3n) is 4.31. The van der Waals surface area contributed by atoms with Gasteiger partial charge in [-0.3, -0.25) is 4.79 Å². The zero-order valence-electron chi connectivity index (χ0n) is 13.8. The van der Waals surface area contributed by atoms with Crippen LogP contribution in [-0.2, 0) is 14.3 Å². The number of carbonyl (C=O) groups excluding carboxylic acids is 2. The van der Waals surface area contributed by atoms with Crippen LogP contribution in [0, 0.1) is 5.92 Å². The molecule has 4 nitrogen and oxygen atoms in total. The largest absolute Gasteiger partial charge is 0.449 e. The van der Waals surface area contributed by atoms with Crippen molar-refractivity contribution in [2.45, 2.75) is 51.7 Å². The van der Waals surface area contributed by atoms with E-state index in [1.54, 1.807) is 13.0 Å².